The highest BCUT2D eigenvalue weighted by Gasteiger charge is 2.15. The van der Waals surface area contributed by atoms with Gasteiger partial charge in [-0.25, -0.2) is 4.21 Å². The van der Waals surface area contributed by atoms with Crippen molar-refractivity contribution in [1.29, 1.82) is 0 Å². The van der Waals surface area contributed by atoms with Crippen molar-refractivity contribution in [3.63, 3.8) is 0 Å². The molecule has 0 amide bonds. The summed E-state index contributed by atoms with van der Waals surface area (Å²) in [4.78, 5) is 0. The molecule has 0 fully saturated rings. The molecule has 1 aromatic carbocycles. The summed E-state index contributed by atoms with van der Waals surface area (Å²) in [7, 11) is -2.31. The average Bonchev–Trinajstić information content (AvgIpc) is 2.21. The molecule has 0 radical (unpaired) electrons. The van der Waals surface area contributed by atoms with Crippen LogP contribution in [0.25, 0.3) is 0 Å². The van der Waals surface area contributed by atoms with Crippen LogP contribution in [0.5, 0.6) is 0 Å². The Bertz CT molecular complexity index is 352. The molecule has 3 nitrogen and oxygen atoms in total. The number of hydrogen-bond acceptors (Lipinski definition) is 1. The maximum Gasteiger partial charge on any atom is 0.128 e. The molecule has 0 bridgehead atoms. The molecule has 1 aromatic rings. The van der Waals surface area contributed by atoms with Crippen LogP contribution in [-0.2, 0) is 9.89 Å². The average molecular weight is 168 g/mol. The Labute approximate surface area is 65.7 Å². The van der Waals surface area contributed by atoms with E-state index < -0.39 is 9.89 Å². The number of benzene rings is 1. The van der Waals surface area contributed by atoms with E-state index in [0.717, 1.165) is 11.4 Å². The first-order chi connectivity index (χ1) is 5.17. The molecule has 1 aliphatic heterocycles. The fourth-order valence-electron chi connectivity index (χ4n) is 1.04. The predicted octanol–water partition coefficient (Wildman–Crippen LogP) is 1.07. The minimum Gasteiger partial charge on any atom is -0.295 e. The monoisotopic (exact) mass is 168 g/mol. The Morgan fingerprint density at radius 1 is 1.18 bits per heavy atom. The quantitative estimate of drug-likeness (QED) is 0.559. The second-order valence-electron chi connectivity index (χ2n) is 2.42. The summed E-state index contributed by atoms with van der Waals surface area (Å²) in [6.45, 7) is 0. The van der Waals surface area contributed by atoms with Gasteiger partial charge in [0, 0.05) is 0 Å². The highest BCUT2D eigenvalue weighted by Crippen LogP contribution is 2.28. The maximum atomic E-state index is 11.3. The lowest BCUT2D eigenvalue weighted by molar-refractivity contribution is 0.688. The fourth-order valence-corrected chi connectivity index (χ4v) is 2.16. The molecule has 0 saturated carbocycles. The van der Waals surface area contributed by atoms with Crippen molar-refractivity contribution in [2.75, 3.05) is 9.44 Å². The Morgan fingerprint density at radius 2 is 1.64 bits per heavy atom. The van der Waals surface area contributed by atoms with Crippen LogP contribution in [0.2, 0.25) is 0 Å². The van der Waals surface area contributed by atoms with E-state index in [1.807, 2.05) is 24.3 Å². The molecule has 58 valence electrons. The Balaban J connectivity index is 2.57. The molecule has 0 aliphatic carbocycles. The zero-order valence-corrected chi connectivity index (χ0v) is 6.65. The third kappa shape index (κ3) is 1.05. The standard InChI is InChI=1S/C7H8N2OS/c1-11(10)8-6-4-2-3-5-7(6)9-11/h2-5H,1H2,(H2,8,9,10). The second kappa shape index (κ2) is 1.92. The highest BCUT2D eigenvalue weighted by molar-refractivity contribution is 8.03. The van der Waals surface area contributed by atoms with Crippen LogP contribution in [0.3, 0.4) is 0 Å². The SMILES string of the molecule is C=S1(=O)Nc2ccccc2N1. The van der Waals surface area contributed by atoms with Crippen LogP contribution in [-0.4, -0.2) is 10.1 Å². The van der Waals surface area contributed by atoms with Crippen molar-refractivity contribution >= 4 is 27.1 Å². The molecule has 1 heterocycles. The molecule has 0 spiro atoms. The van der Waals surface area contributed by atoms with Gasteiger partial charge in [0.2, 0.25) is 0 Å². The maximum absolute atomic E-state index is 11.3. The zero-order valence-electron chi connectivity index (χ0n) is 5.83. The number of para-hydroxylation sites is 2. The number of nitrogens with one attached hydrogen (secondary N) is 2. The first kappa shape index (κ1) is 6.54. The van der Waals surface area contributed by atoms with Gasteiger partial charge in [0.25, 0.3) is 0 Å². The van der Waals surface area contributed by atoms with E-state index in [2.05, 4.69) is 15.3 Å². The lowest BCUT2D eigenvalue weighted by Gasteiger charge is -1.98. The normalized spacial score (nSPS) is 18.2. The summed E-state index contributed by atoms with van der Waals surface area (Å²) < 4.78 is 16.9. The van der Waals surface area contributed by atoms with Gasteiger partial charge < -0.3 is 0 Å². The van der Waals surface area contributed by atoms with Crippen molar-refractivity contribution in [3.05, 3.63) is 24.3 Å². The Morgan fingerprint density at radius 3 is 2.09 bits per heavy atom. The Hall–Kier alpha value is -1.16. The predicted molar refractivity (Wildman–Crippen MR) is 49.0 cm³/mol. The second-order valence-corrected chi connectivity index (χ2v) is 4.18. The molecule has 0 atom stereocenters. The van der Waals surface area contributed by atoms with E-state index in [1.54, 1.807) is 0 Å². The third-order valence-corrected chi connectivity index (χ3v) is 2.58. The first-order valence-electron chi connectivity index (χ1n) is 3.19. The summed E-state index contributed by atoms with van der Waals surface area (Å²) in [5.74, 6) is 3.49. The summed E-state index contributed by atoms with van der Waals surface area (Å²) >= 11 is 0. The molecule has 0 unspecified atom stereocenters. The van der Waals surface area contributed by atoms with Gasteiger partial charge in [-0.15, -0.1) is 0 Å². The van der Waals surface area contributed by atoms with Gasteiger partial charge in [-0.1, -0.05) is 12.1 Å². The molecule has 0 saturated heterocycles. The lowest BCUT2D eigenvalue weighted by atomic mass is 10.3. The van der Waals surface area contributed by atoms with Gasteiger partial charge in [-0.3, -0.25) is 9.44 Å². The van der Waals surface area contributed by atoms with Crippen molar-refractivity contribution in [3.8, 4) is 0 Å². The van der Waals surface area contributed by atoms with E-state index in [4.69, 9.17) is 0 Å². The molecule has 1 aliphatic rings. The van der Waals surface area contributed by atoms with Crippen LogP contribution >= 0.6 is 0 Å². The van der Waals surface area contributed by atoms with Crippen molar-refractivity contribution in [2.24, 2.45) is 0 Å². The van der Waals surface area contributed by atoms with Crippen LogP contribution in [0.1, 0.15) is 0 Å². The highest BCUT2D eigenvalue weighted by atomic mass is 32.2. The number of hydrogen-bond donors (Lipinski definition) is 2. The van der Waals surface area contributed by atoms with Gasteiger partial charge in [-0.05, 0) is 18.0 Å². The number of fused-ring (bicyclic) bond motifs is 1. The van der Waals surface area contributed by atoms with Crippen LogP contribution < -0.4 is 9.44 Å². The molecule has 4 heteroatoms. The van der Waals surface area contributed by atoms with Gasteiger partial charge >= 0.3 is 0 Å². The largest absolute Gasteiger partial charge is 0.295 e. The molecular weight excluding hydrogens is 160 g/mol. The summed E-state index contributed by atoms with van der Waals surface area (Å²) in [5.41, 5.74) is 1.71. The van der Waals surface area contributed by atoms with Crippen molar-refractivity contribution in [1.82, 2.24) is 0 Å². The number of rotatable bonds is 0. The van der Waals surface area contributed by atoms with Crippen molar-refractivity contribution < 1.29 is 4.21 Å². The van der Waals surface area contributed by atoms with Crippen LogP contribution in [0, 0.1) is 0 Å². The van der Waals surface area contributed by atoms with Gasteiger partial charge in [0.15, 0.2) is 0 Å². The lowest BCUT2D eigenvalue weighted by Crippen LogP contribution is -2.12. The van der Waals surface area contributed by atoms with E-state index in [1.165, 1.54) is 0 Å². The van der Waals surface area contributed by atoms with E-state index in [-0.39, 0.29) is 0 Å². The van der Waals surface area contributed by atoms with E-state index in [9.17, 15) is 4.21 Å². The van der Waals surface area contributed by atoms with Crippen LogP contribution in [0.4, 0.5) is 11.4 Å². The molecule has 2 rings (SSSR count). The van der Waals surface area contributed by atoms with Crippen LogP contribution in [0.15, 0.2) is 24.3 Å². The van der Waals surface area contributed by atoms with Gasteiger partial charge in [0.05, 0.1) is 11.4 Å². The van der Waals surface area contributed by atoms with Gasteiger partial charge in [0.1, 0.15) is 9.89 Å². The first-order valence-corrected chi connectivity index (χ1v) is 4.92. The smallest absolute Gasteiger partial charge is 0.128 e. The molecule has 11 heavy (non-hydrogen) atoms. The zero-order chi connectivity index (χ0) is 7.90. The molecule has 0 aromatic heterocycles. The van der Waals surface area contributed by atoms with Crippen molar-refractivity contribution in [2.45, 2.75) is 0 Å². The topological polar surface area (TPSA) is 41.1 Å². The van der Waals surface area contributed by atoms with Gasteiger partial charge in [-0.2, -0.15) is 0 Å². The summed E-state index contributed by atoms with van der Waals surface area (Å²) in [6, 6.07) is 7.49. The minimum atomic E-state index is -2.31. The number of anilines is 2. The summed E-state index contributed by atoms with van der Waals surface area (Å²) in [5, 5.41) is 0. The Kier molecular flexibility index (Phi) is 1.14. The minimum absolute atomic E-state index is 0.854. The van der Waals surface area contributed by atoms with E-state index in [0.29, 0.717) is 0 Å². The third-order valence-electron chi connectivity index (χ3n) is 1.48. The van der Waals surface area contributed by atoms with E-state index >= 15 is 0 Å². The molecule has 2 N–H and O–H groups in total. The molecular formula is C7H8N2OS. The fraction of sp³-hybridized carbons (Fsp3) is 0. The summed E-state index contributed by atoms with van der Waals surface area (Å²) in [6.07, 6.45) is 0.